The Balaban J connectivity index is 3.31. The number of rotatable bonds is 4. The molecule has 0 saturated heterocycles. The molecule has 0 fully saturated rings. The minimum atomic E-state index is -2.23. The molecule has 0 rings (SSSR count). The molecule has 5 heteroatoms. The van der Waals surface area contributed by atoms with Crippen LogP contribution in [-0.4, -0.2) is 27.9 Å². The summed E-state index contributed by atoms with van der Waals surface area (Å²) in [7, 11) is -2.23. The average Bonchev–Trinajstić information content (AvgIpc) is 1.82. The number of hydroxylamine groups is 2. The van der Waals surface area contributed by atoms with Crippen LogP contribution in [0.3, 0.4) is 0 Å². The molecule has 0 atom stereocenters. The molecular weight excluding hydrogens is 141 g/mol. The van der Waals surface area contributed by atoms with Crippen molar-refractivity contribution in [1.29, 1.82) is 0 Å². The Morgan fingerprint density at radius 1 is 1.33 bits per heavy atom. The van der Waals surface area contributed by atoms with Crippen molar-refractivity contribution in [3.8, 4) is 0 Å². The van der Waals surface area contributed by atoms with Crippen molar-refractivity contribution < 1.29 is 14.4 Å². The zero-order valence-electron chi connectivity index (χ0n) is 5.61. The van der Waals surface area contributed by atoms with Gasteiger partial charge in [0.15, 0.2) is 0 Å². The van der Waals surface area contributed by atoms with Crippen molar-refractivity contribution in [3.63, 3.8) is 0 Å². The van der Waals surface area contributed by atoms with Gasteiger partial charge in [-0.1, -0.05) is 13.8 Å². The molecule has 0 saturated carbocycles. The van der Waals surface area contributed by atoms with E-state index in [1.165, 1.54) is 5.06 Å². The molecule has 0 bridgehead atoms. The number of hydrogen-bond acceptors (Lipinski definition) is 4. The molecule has 0 unspecified atom stereocenters. The standard InChI is InChI=1S/C4H12NO3P/c1-3-5(4-2)8-9(6)7/h6-7H,3-4H2,1-2H3. The Morgan fingerprint density at radius 2 is 1.78 bits per heavy atom. The SMILES string of the molecule is CCN(CC)OP(O)O. The third-order valence-electron chi connectivity index (χ3n) is 0.894. The summed E-state index contributed by atoms with van der Waals surface area (Å²) >= 11 is 0. The van der Waals surface area contributed by atoms with Crippen molar-refractivity contribution in [3.05, 3.63) is 0 Å². The lowest BCUT2D eigenvalue weighted by Gasteiger charge is -2.16. The molecule has 0 heterocycles. The van der Waals surface area contributed by atoms with Crippen LogP contribution in [0.25, 0.3) is 0 Å². The summed E-state index contributed by atoms with van der Waals surface area (Å²) in [5, 5.41) is 1.48. The minimum absolute atomic E-state index is 0.663. The van der Waals surface area contributed by atoms with E-state index in [0.29, 0.717) is 13.1 Å². The van der Waals surface area contributed by atoms with Gasteiger partial charge >= 0.3 is 8.60 Å². The normalized spacial score (nSPS) is 11.3. The van der Waals surface area contributed by atoms with Crippen LogP contribution in [0.2, 0.25) is 0 Å². The first kappa shape index (κ1) is 9.27. The van der Waals surface area contributed by atoms with Crippen molar-refractivity contribution in [2.45, 2.75) is 13.8 Å². The largest absolute Gasteiger partial charge is 0.345 e. The van der Waals surface area contributed by atoms with Crippen molar-refractivity contribution >= 4 is 8.60 Å². The maximum Gasteiger partial charge on any atom is 0.345 e. The molecule has 0 aromatic heterocycles. The fourth-order valence-electron chi connectivity index (χ4n) is 0.442. The summed E-state index contributed by atoms with van der Waals surface area (Å²) in [6, 6.07) is 0. The van der Waals surface area contributed by atoms with Gasteiger partial charge in [0.25, 0.3) is 0 Å². The van der Waals surface area contributed by atoms with Crippen LogP contribution in [0.15, 0.2) is 0 Å². The third kappa shape index (κ3) is 4.75. The molecule has 0 aliphatic rings. The van der Waals surface area contributed by atoms with Gasteiger partial charge in [-0.3, -0.25) is 0 Å². The van der Waals surface area contributed by atoms with Gasteiger partial charge in [-0.15, -0.1) is 0 Å². The predicted octanol–water partition coefficient (Wildman–Crippen LogP) is 0.471. The van der Waals surface area contributed by atoms with Gasteiger partial charge in [-0.05, 0) is 0 Å². The van der Waals surface area contributed by atoms with E-state index in [-0.39, 0.29) is 0 Å². The second kappa shape index (κ2) is 5.09. The summed E-state index contributed by atoms with van der Waals surface area (Å²) in [5.41, 5.74) is 0. The monoisotopic (exact) mass is 153 g/mol. The lowest BCUT2D eigenvalue weighted by atomic mass is 10.6. The fourth-order valence-corrected chi connectivity index (χ4v) is 0.880. The Kier molecular flexibility index (Phi) is 5.24. The van der Waals surface area contributed by atoms with Crippen LogP contribution in [-0.2, 0) is 4.62 Å². The Hall–Kier alpha value is 0.270. The van der Waals surface area contributed by atoms with E-state index < -0.39 is 8.60 Å². The second-order valence-corrected chi connectivity index (χ2v) is 2.12. The van der Waals surface area contributed by atoms with E-state index in [0.717, 1.165) is 0 Å². The quantitative estimate of drug-likeness (QED) is 0.455. The molecule has 4 nitrogen and oxygen atoms in total. The highest BCUT2D eigenvalue weighted by atomic mass is 31.2. The first-order chi connectivity index (χ1) is 4.20. The van der Waals surface area contributed by atoms with Gasteiger partial charge in [0.1, 0.15) is 0 Å². The molecule has 0 amide bonds. The van der Waals surface area contributed by atoms with Crippen LogP contribution in [0, 0.1) is 0 Å². The third-order valence-corrected chi connectivity index (χ3v) is 1.27. The molecule has 0 aliphatic heterocycles. The Bertz CT molecular complexity index is 66.8. The molecule has 0 aromatic carbocycles. The maximum absolute atomic E-state index is 8.34. The zero-order chi connectivity index (χ0) is 7.28. The summed E-state index contributed by atoms with van der Waals surface area (Å²) in [4.78, 5) is 16.7. The van der Waals surface area contributed by atoms with E-state index in [1.807, 2.05) is 13.8 Å². The highest BCUT2D eigenvalue weighted by Crippen LogP contribution is 2.25. The molecule has 0 aromatic rings. The Morgan fingerprint density at radius 3 is 1.89 bits per heavy atom. The molecule has 9 heavy (non-hydrogen) atoms. The van der Waals surface area contributed by atoms with Crippen molar-refractivity contribution in [1.82, 2.24) is 5.06 Å². The highest BCUT2D eigenvalue weighted by Gasteiger charge is 2.04. The highest BCUT2D eigenvalue weighted by molar-refractivity contribution is 7.39. The maximum atomic E-state index is 8.34. The first-order valence-corrected chi connectivity index (χ1v) is 3.98. The van der Waals surface area contributed by atoms with E-state index in [9.17, 15) is 0 Å². The van der Waals surface area contributed by atoms with Crippen LogP contribution in [0.1, 0.15) is 13.8 Å². The zero-order valence-corrected chi connectivity index (χ0v) is 6.51. The van der Waals surface area contributed by atoms with Gasteiger partial charge in [0.05, 0.1) is 0 Å². The number of hydrogen-bond donors (Lipinski definition) is 2. The van der Waals surface area contributed by atoms with E-state index in [1.54, 1.807) is 0 Å². The molecule has 0 aliphatic carbocycles. The Labute approximate surface area is 56.0 Å². The fraction of sp³-hybridized carbons (Fsp3) is 1.00. The van der Waals surface area contributed by atoms with E-state index in [2.05, 4.69) is 4.62 Å². The lowest BCUT2D eigenvalue weighted by Crippen LogP contribution is -2.20. The van der Waals surface area contributed by atoms with E-state index >= 15 is 0 Å². The van der Waals surface area contributed by atoms with Crippen LogP contribution in [0.4, 0.5) is 0 Å². The first-order valence-electron chi connectivity index (χ1n) is 2.81. The van der Waals surface area contributed by atoms with Crippen LogP contribution in [0.5, 0.6) is 0 Å². The summed E-state index contributed by atoms with van der Waals surface area (Å²) in [6.45, 7) is 5.08. The second-order valence-electron chi connectivity index (χ2n) is 1.45. The predicted molar refractivity (Wildman–Crippen MR) is 35.4 cm³/mol. The summed E-state index contributed by atoms with van der Waals surface area (Å²) in [6.07, 6.45) is 0. The molecule has 56 valence electrons. The summed E-state index contributed by atoms with van der Waals surface area (Å²) < 4.78 is 4.56. The number of nitrogens with zero attached hydrogens (tertiary/aromatic N) is 1. The van der Waals surface area contributed by atoms with Crippen molar-refractivity contribution in [2.24, 2.45) is 0 Å². The van der Waals surface area contributed by atoms with Gasteiger partial charge in [-0.2, -0.15) is 5.06 Å². The van der Waals surface area contributed by atoms with E-state index in [4.69, 9.17) is 9.79 Å². The van der Waals surface area contributed by atoms with Crippen LogP contribution >= 0.6 is 8.60 Å². The topological polar surface area (TPSA) is 52.9 Å². The molecule has 0 spiro atoms. The minimum Gasteiger partial charge on any atom is -0.327 e. The van der Waals surface area contributed by atoms with Gasteiger partial charge < -0.3 is 9.79 Å². The van der Waals surface area contributed by atoms with Gasteiger partial charge in [-0.25, -0.2) is 4.62 Å². The molecule has 0 radical (unpaired) electrons. The van der Waals surface area contributed by atoms with Gasteiger partial charge in [0.2, 0.25) is 0 Å². The van der Waals surface area contributed by atoms with Crippen LogP contribution < -0.4 is 0 Å². The smallest absolute Gasteiger partial charge is 0.327 e. The van der Waals surface area contributed by atoms with Gasteiger partial charge in [0, 0.05) is 13.1 Å². The molecule has 2 N–H and O–H groups in total. The summed E-state index contributed by atoms with van der Waals surface area (Å²) in [5.74, 6) is 0. The van der Waals surface area contributed by atoms with Crippen molar-refractivity contribution in [2.75, 3.05) is 13.1 Å². The average molecular weight is 153 g/mol. The lowest BCUT2D eigenvalue weighted by molar-refractivity contribution is -0.0583. The molecular formula is C4H12NO3P.